The minimum Gasteiger partial charge on any atom is -0.481 e. The number of nitrogens with zero attached hydrogens (tertiary/aromatic N) is 3. The predicted octanol–water partition coefficient (Wildman–Crippen LogP) is 2.30. The van der Waals surface area contributed by atoms with E-state index < -0.39 is 5.97 Å². The third kappa shape index (κ3) is 2.56. The highest BCUT2D eigenvalue weighted by atomic mass is 32.2. The average Bonchev–Trinajstić information content (AvgIpc) is 2.97. The maximum Gasteiger partial charge on any atom is 0.313 e. The van der Waals surface area contributed by atoms with Crippen molar-refractivity contribution in [1.82, 2.24) is 14.5 Å². The molecule has 7 heteroatoms. The van der Waals surface area contributed by atoms with Crippen molar-refractivity contribution < 1.29 is 9.90 Å². The first-order valence-electron chi connectivity index (χ1n) is 5.30. The first-order chi connectivity index (χ1) is 8.51. The molecule has 0 unspecified atom stereocenters. The van der Waals surface area contributed by atoms with E-state index in [1.165, 1.54) is 11.8 Å². The summed E-state index contributed by atoms with van der Waals surface area (Å²) in [4.78, 5) is 19.1. The van der Waals surface area contributed by atoms with Crippen LogP contribution in [-0.2, 0) is 10.3 Å². The van der Waals surface area contributed by atoms with Gasteiger partial charge in [0.05, 0.1) is 11.3 Å². The van der Waals surface area contributed by atoms with Crippen molar-refractivity contribution in [3.8, 4) is 0 Å². The van der Waals surface area contributed by atoms with Gasteiger partial charge >= 0.3 is 5.97 Å². The number of carbonyl (C=O) groups is 1. The number of carboxylic acid groups (broad SMARTS) is 1. The standard InChI is InChI=1S/C11H13N3O2S2/c1-11(2,9-12-4-6-17-9)14-5-3-13-10(14)18-7-8(15)16/h3-6H,7H2,1-2H3,(H,15,16). The van der Waals surface area contributed by atoms with E-state index in [9.17, 15) is 4.79 Å². The fraction of sp³-hybridized carbons (Fsp3) is 0.364. The number of rotatable bonds is 5. The van der Waals surface area contributed by atoms with Gasteiger partial charge in [0.1, 0.15) is 5.01 Å². The van der Waals surface area contributed by atoms with Crippen molar-refractivity contribution in [3.05, 3.63) is 29.0 Å². The van der Waals surface area contributed by atoms with Gasteiger partial charge in [0.2, 0.25) is 0 Å². The van der Waals surface area contributed by atoms with Gasteiger partial charge in [-0.1, -0.05) is 11.8 Å². The van der Waals surface area contributed by atoms with E-state index in [-0.39, 0.29) is 11.3 Å². The highest BCUT2D eigenvalue weighted by molar-refractivity contribution is 7.99. The predicted molar refractivity (Wildman–Crippen MR) is 71.1 cm³/mol. The Morgan fingerprint density at radius 3 is 2.89 bits per heavy atom. The molecule has 18 heavy (non-hydrogen) atoms. The van der Waals surface area contributed by atoms with E-state index in [1.807, 2.05) is 30.0 Å². The lowest BCUT2D eigenvalue weighted by Gasteiger charge is -2.25. The van der Waals surface area contributed by atoms with Crippen molar-refractivity contribution >= 4 is 29.1 Å². The number of imidazole rings is 1. The SMILES string of the molecule is CC(C)(c1nccs1)n1ccnc1SCC(=O)O. The lowest BCUT2D eigenvalue weighted by molar-refractivity contribution is -0.133. The van der Waals surface area contributed by atoms with Crippen molar-refractivity contribution in [2.45, 2.75) is 24.5 Å². The lowest BCUT2D eigenvalue weighted by Crippen LogP contribution is -2.27. The molecule has 0 aliphatic rings. The van der Waals surface area contributed by atoms with Gasteiger partial charge in [0.15, 0.2) is 5.16 Å². The first-order valence-corrected chi connectivity index (χ1v) is 7.16. The minimum atomic E-state index is -0.846. The van der Waals surface area contributed by atoms with Crippen LogP contribution in [0.4, 0.5) is 0 Å². The van der Waals surface area contributed by atoms with Crippen LogP contribution in [0.25, 0.3) is 0 Å². The van der Waals surface area contributed by atoms with E-state index in [2.05, 4.69) is 9.97 Å². The molecule has 0 aromatic carbocycles. The quantitative estimate of drug-likeness (QED) is 0.853. The summed E-state index contributed by atoms with van der Waals surface area (Å²) in [5, 5.41) is 12.3. The van der Waals surface area contributed by atoms with Crippen molar-refractivity contribution in [3.63, 3.8) is 0 Å². The third-order valence-electron chi connectivity index (χ3n) is 2.49. The maximum absolute atomic E-state index is 10.6. The Balaban J connectivity index is 2.28. The Hall–Kier alpha value is -1.34. The van der Waals surface area contributed by atoms with Crippen LogP contribution in [0.3, 0.4) is 0 Å². The maximum atomic E-state index is 10.6. The summed E-state index contributed by atoms with van der Waals surface area (Å²) in [7, 11) is 0. The summed E-state index contributed by atoms with van der Waals surface area (Å²) in [6.07, 6.45) is 5.30. The van der Waals surface area contributed by atoms with E-state index in [0.29, 0.717) is 5.16 Å². The number of thioether (sulfide) groups is 1. The van der Waals surface area contributed by atoms with E-state index in [0.717, 1.165) is 5.01 Å². The summed E-state index contributed by atoms with van der Waals surface area (Å²) >= 11 is 2.79. The highest BCUT2D eigenvalue weighted by Gasteiger charge is 2.27. The number of aliphatic carboxylic acids is 1. The third-order valence-corrected chi connectivity index (χ3v) is 4.53. The Labute approximate surface area is 113 Å². The Morgan fingerprint density at radius 2 is 2.28 bits per heavy atom. The fourth-order valence-electron chi connectivity index (χ4n) is 1.58. The van der Waals surface area contributed by atoms with Crippen LogP contribution in [0.15, 0.2) is 29.1 Å². The molecule has 0 aliphatic carbocycles. The summed E-state index contributed by atoms with van der Waals surface area (Å²) in [6, 6.07) is 0. The molecule has 0 bridgehead atoms. The number of thiazole rings is 1. The highest BCUT2D eigenvalue weighted by Crippen LogP contribution is 2.31. The molecule has 0 fully saturated rings. The second kappa shape index (κ2) is 5.11. The molecule has 0 spiro atoms. The molecule has 0 amide bonds. The van der Waals surface area contributed by atoms with Gasteiger partial charge in [0.25, 0.3) is 0 Å². The summed E-state index contributed by atoms with van der Waals surface area (Å²) in [5.74, 6) is -0.841. The smallest absolute Gasteiger partial charge is 0.313 e. The Bertz CT molecular complexity index is 534. The molecule has 0 atom stereocenters. The number of hydrogen-bond donors (Lipinski definition) is 1. The summed E-state index contributed by atoms with van der Waals surface area (Å²) in [5.41, 5.74) is -0.328. The second-order valence-corrected chi connectivity index (χ2v) is 6.00. The Morgan fingerprint density at radius 1 is 1.50 bits per heavy atom. The summed E-state index contributed by atoms with van der Waals surface area (Å²) < 4.78 is 1.96. The van der Waals surface area contributed by atoms with Gasteiger partial charge in [0, 0.05) is 24.0 Å². The molecule has 0 saturated carbocycles. The zero-order chi connectivity index (χ0) is 13.2. The molecule has 0 radical (unpaired) electrons. The van der Waals surface area contributed by atoms with Crippen LogP contribution in [0.5, 0.6) is 0 Å². The van der Waals surface area contributed by atoms with E-state index in [4.69, 9.17) is 5.11 Å². The van der Waals surface area contributed by atoms with Gasteiger partial charge in [-0.15, -0.1) is 11.3 Å². The molecule has 0 saturated heterocycles. The van der Waals surface area contributed by atoms with Crippen LogP contribution in [-0.4, -0.2) is 31.4 Å². The second-order valence-electron chi connectivity index (χ2n) is 4.16. The molecule has 1 N–H and O–H groups in total. The lowest BCUT2D eigenvalue weighted by atomic mass is 10.1. The van der Waals surface area contributed by atoms with Crippen LogP contribution in [0.1, 0.15) is 18.9 Å². The topological polar surface area (TPSA) is 68.0 Å². The fourth-order valence-corrected chi connectivity index (χ4v) is 3.15. The summed E-state index contributed by atoms with van der Waals surface area (Å²) in [6.45, 7) is 4.08. The van der Waals surface area contributed by atoms with Gasteiger partial charge in [-0.2, -0.15) is 0 Å². The monoisotopic (exact) mass is 283 g/mol. The molecular formula is C11H13N3O2S2. The molecule has 2 aromatic rings. The Kier molecular flexibility index (Phi) is 3.72. The van der Waals surface area contributed by atoms with Gasteiger partial charge in [-0.3, -0.25) is 4.79 Å². The van der Waals surface area contributed by atoms with E-state index in [1.54, 1.807) is 23.7 Å². The van der Waals surface area contributed by atoms with Crippen LogP contribution >= 0.6 is 23.1 Å². The number of carboxylic acids is 1. The zero-order valence-electron chi connectivity index (χ0n) is 10.0. The van der Waals surface area contributed by atoms with Gasteiger partial charge in [-0.05, 0) is 13.8 Å². The van der Waals surface area contributed by atoms with Crippen LogP contribution in [0.2, 0.25) is 0 Å². The minimum absolute atomic E-state index is 0.00492. The van der Waals surface area contributed by atoms with E-state index >= 15 is 0 Å². The first kappa shape index (κ1) is 13.1. The molecule has 96 valence electrons. The molecule has 2 rings (SSSR count). The van der Waals surface area contributed by atoms with Crippen LogP contribution < -0.4 is 0 Å². The number of aromatic nitrogens is 3. The molecule has 5 nitrogen and oxygen atoms in total. The largest absolute Gasteiger partial charge is 0.481 e. The average molecular weight is 283 g/mol. The van der Waals surface area contributed by atoms with Gasteiger partial charge in [-0.25, -0.2) is 9.97 Å². The molecular weight excluding hydrogens is 270 g/mol. The molecule has 0 aliphatic heterocycles. The normalized spacial score (nSPS) is 11.7. The zero-order valence-corrected chi connectivity index (χ0v) is 11.7. The van der Waals surface area contributed by atoms with Crippen LogP contribution in [0, 0.1) is 0 Å². The molecule has 2 heterocycles. The van der Waals surface area contributed by atoms with Crippen molar-refractivity contribution in [1.29, 1.82) is 0 Å². The van der Waals surface area contributed by atoms with Crippen molar-refractivity contribution in [2.75, 3.05) is 5.75 Å². The molecule has 2 aromatic heterocycles. The number of hydrogen-bond acceptors (Lipinski definition) is 5. The van der Waals surface area contributed by atoms with Gasteiger partial charge < -0.3 is 9.67 Å². The van der Waals surface area contributed by atoms with Crippen molar-refractivity contribution in [2.24, 2.45) is 0 Å².